The van der Waals surface area contributed by atoms with E-state index < -0.39 is 6.04 Å². The van der Waals surface area contributed by atoms with Crippen molar-refractivity contribution in [2.75, 3.05) is 30.3 Å². The van der Waals surface area contributed by atoms with Gasteiger partial charge in [-0.05, 0) is 79.4 Å². The van der Waals surface area contributed by atoms with Crippen molar-refractivity contribution in [1.29, 1.82) is 0 Å². The summed E-state index contributed by atoms with van der Waals surface area (Å²) in [6.07, 6.45) is 2.51. The van der Waals surface area contributed by atoms with Crippen molar-refractivity contribution in [3.8, 4) is 17.2 Å². The van der Waals surface area contributed by atoms with Crippen molar-refractivity contribution in [2.45, 2.75) is 38.9 Å². The van der Waals surface area contributed by atoms with Crippen LogP contribution in [0.4, 0.5) is 17.2 Å². The predicted molar refractivity (Wildman–Crippen MR) is 162 cm³/mol. The highest BCUT2D eigenvalue weighted by Crippen LogP contribution is 2.33. The van der Waals surface area contributed by atoms with Crippen LogP contribution < -0.4 is 30.8 Å². The van der Waals surface area contributed by atoms with Gasteiger partial charge in [0, 0.05) is 41.5 Å². The van der Waals surface area contributed by atoms with E-state index in [9.17, 15) is 9.90 Å². The van der Waals surface area contributed by atoms with Crippen LogP contribution in [0.25, 0.3) is 10.8 Å². The van der Waals surface area contributed by atoms with Gasteiger partial charge in [-0.15, -0.1) is 0 Å². The van der Waals surface area contributed by atoms with Gasteiger partial charge in [0.1, 0.15) is 17.6 Å². The SMILES string of the molecule is COc1ccc(C(Nc2ccc3c(N)nccc3c2)C(=O)NCc2cc(O)ccc2N2N=C(C)CC2C)cc1OC. The number of amides is 1. The molecule has 0 aliphatic carbocycles. The number of nitrogen functional groups attached to an aromatic ring is 1. The first kappa shape index (κ1) is 27.6. The van der Waals surface area contributed by atoms with E-state index in [-0.39, 0.29) is 24.2 Å². The molecule has 2 unspecified atom stereocenters. The Balaban J connectivity index is 1.46. The molecule has 212 valence electrons. The number of carbonyl (C=O) groups excluding carboxylic acids is 1. The molecule has 1 amide bonds. The van der Waals surface area contributed by atoms with Crippen LogP contribution in [0.3, 0.4) is 0 Å². The fourth-order valence-electron chi connectivity index (χ4n) is 5.14. The fourth-order valence-corrected chi connectivity index (χ4v) is 5.14. The minimum atomic E-state index is -0.779. The Morgan fingerprint density at radius 3 is 2.63 bits per heavy atom. The number of methoxy groups -OCH3 is 2. The molecular weight excluding hydrogens is 520 g/mol. The van der Waals surface area contributed by atoms with Crippen molar-refractivity contribution in [3.05, 3.63) is 78.0 Å². The predicted octanol–water partition coefficient (Wildman–Crippen LogP) is 4.98. The van der Waals surface area contributed by atoms with Gasteiger partial charge >= 0.3 is 0 Å². The Morgan fingerprint density at radius 2 is 1.90 bits per heavy atom. The summed E-state index contributed by atoms with van der Waals surface area (Å²) in [6.45, 7) is 4.28. The summed E-state index contributed by atoms with van der Waals surface area (Å²) in [5.41, 5.74) is 10.1. The van der Waals surface area contributed by atoms with Crippen LogP contribution in [0.2, 0.25) is 0 Å². The number of phenolic OH excluding ortho intramolecular Hbond substituents is 1. The Labute approximate surface area is 238 Å². The third kappa shape index (κ3) is 5.81. The van der Waals surface area contributed by atoms with Crippen LogP contribution in [0.15, 0.2) is 72.0 Å². The molecular formula is C31H34N6O4. The maximum atomic E-state index is 13.8. The van der Waals surface area contributed by atoms with Gasteiger partial charge in [-0.3, -0.25) is 9.80 Å². The number of aromatic hydroxyl groups is 1. The second-order valence-electron chi connectivity index (χ2n) is 10.1. The number of nitrogens with one attached hydrogen (secondary N) is 2. The number of phenols is 1. The van der Waals surface area contributed by atoms with Crippen LogP contribution in [-0.4, -0.2) is 42.0 Å². The van der Waals surface area contributed by atoms with Gasteiger partial charge in [0.25, 0.3) is 0 Å². The number of nitrogens with two attached hydrogens (primary N) is 1. The lowest BCUT2D eigenvalue weighted by molar-refractivity contribution is -0.122. The highest BCUT2D eigenvalue weighted by molar-refractivity contribution is 5.94. The van der Waals surface area contributed by atoms with Crippen molar-refractivity contribution < 1.29 is 19.4 Å². The minimum absolute atomic E-state index is 0.116. The summed E-state index contributed by atoms with van der Waals surface area (Å²) >= 11 is 0. The topological polar surface area (TPSA) is 134 Å². The minimum Gasteiger partial charge on any atom is -0.508 e. The molecule has 1 aliphatic heterocycles. The molecule has 0 bridgehead atoms. The largest absolute Gasteiger partial charge is 0.508 e. The molecule has 41 heavy (non-hydrogen) atoms. The van der Waals surface area contributed by atoms with Gasteiger partial charge in [-0.25, -0.2) is 4.98 Å². The zero-order chi connectivity index (χ0) is 29.1. The lowest BCUT2D eigenvalue weighted by atomic mass is 10.0. The molecule has 0 spiro atoms. The van der Waals surface area contributed by atoms with Crippen LogP contribution in [-0.2, 0) is 11.3 Å². The number of hydrogen-bond donors (Lipinski definition) is 4. The number of pyridine rings is 1. The second kappa shape index (κ2) is 11.6. The number of rotatable bonds is 9. The smallest absolute Gasteiger partial charge is 0.247 e. The standard InChI is InChI=1S/C31H34N6O4/c1-18-13-19(2)37(36-18)26-9-7-24(38)15-22(26)17-34-31(39)29(21-5-10-27(40-3)28(16-21)41-4)35-23-6-8-25-20(14-23)11-12-33-30(25)32/h5-12,14-16,19,29,35,38H,13,17H2,1-4H3,(H2,32,33)(H,34,39). The molecule has 1 aliphatic rings. The molecule has 0 saturated carbocycles. The van der Waals surface area contributed by atoms with Gasteiger partial charge in [0.2, 0.25) is 5.91 Å². The summed E-state index contributed by atoms with van der Waals surface area (Å²) in [5.74, 6) is 1.36. The summed E-state index contributed by atoms with van der Waals surface area (Å²) in [5, 5.41) is 25.0. The highest BCUT2D eigenvalue weighted by Gasteiger charge is 2.26. The zero-order valence-electron chi connectivity index (χ0n) is 23.5. The number of ether oxygens (including phenoxy) is 2. The van der Waals surface area contributed by atoms with E-state index in [0.717, 1.165) is 39.8 Å². The molecule has 5 N–H and O–H groups in total. The average molecular weight is 555 g/mol. The van der Waals surface area contributed by atoms with Crippen molar-refractivity contribution in [3.63, 3.8) is 0 Å². The Kier molecular flexibility index (Phi) is 7.82. The molecule has 10 nitrogen and oxygen atoms in total. The van der Waals surface area contributed by atoms with Gasteiger partial charge < -0.3 is 30.9 Å². The van der Waals surface area contributed by atoms with Gasteiger partial charge in [-0.2, -0.15) is 5.10 Å². The number of anilines is 3. The van der Waals surface area contributed by atoms with E-state index in [4.69, 9.17) is 15.2 Å². The van der Waals surface area contributed by atoms with E-state index in [1.807, 2.05) is 48.3 Å². The number of carbonyl (C=O) groups is 1. The maximum Gasteiger partial charge on any atom is 0.247 e. The Morgan fingerprint density at radius 1 is 1.10 bits per heavy atom. The van der Waals surface area contributed by atoms with E-state index >= 15 is 0 Å². The Hall–Kier alpha value is -4.99. The average Bonchev–Trinajstić information content (AvgIpc) is 3.31. The third-order valence-electron chi connectivity index (χ3n) is 7.16. The quantitative estimate of drug-likeness (QED) is 0.228. The molecule has 0 radical (unpaired) electrons. The number of fused-ring (bicyclic) bond motifs is 1. The monoisotopic (exact) mass is 554 g/mol. The summed E-state index contributed by atoms with van der Waals surface area (Å²) in [4.78, 5) is 18.0. The van der Waals surface area contributed by atoms with E-state index in [0.29, 0.717) is 22.9 Å². The van der Waals surface area contributed by atoms with Crippen LogP contribution in [0.1, 0.15) is 37.4 Å². The molecule has 10 heteroatoms. The fraction of sp³-hybridized carbons (Fsp3) is 0.258. The van der Waals surface area contributed by atoms with Gasteiger partial charge in [-0.1, -0.05) is 6.07 Å². The summed E-state index contributed by atoms with van der Waals surface area (Å²) < 4.78 is 10.9. The highest BCUT2D eigenvalue weighted by atomic mass is 16.5. The normalized spacial score (nSPS) is 15.4. The van der Waals surface area contributed by atoms with Crippen molar-refractivity contribution in [1.82, 2.24) is 10.3 Å². The van der Waals surface area contributed by atoms with Gasteiger partial charge in [0.05, 0.1) is 25.9 Å². The number of hydrogen-bond acceptors (Lipinski definition) is 9. The molecule has 2 atom stereocenters. The first-order valence-electron chi connectivity index (χ1n) is 13.3. The first-order chi connectivity index (χ1) is 19.8. The first-order valence-corrected chi connectivity index (χ1v) is 13.3. The van der Waals surface area contributed by atoms with E-state index in [1.165, 1.54) is 0 Å². The van der Waals surface area contributed by atoms with Crippen LogP contribution in [0.5, 0.6) is 17.2 Å². The number of aromatic nitrogens is 1. The molecule has 0 fully saturated rings. The molecule has 5 rings (SSSR count). The van der Waals surface area contributed by atoms with E-state index in [1.54, 1.807) is 44.7 Å². The summed E-state index contributed by atoms with van der Waals surface area (Å²) in [6, 6.07) is 17.4. The molecule has 4 aromatic rings. The molecule has 2 heterocycles. The molecule has 0 saturated heterocycles. The second-order valence-corrected chi connectivity index (χ2v) is 10.1. The van der Waals surface area contributed by atoms with Gasteiger partial charge in [0.15, 0.2) is 11.5 Å². The number of hydrazone groups is 1. The lowest BCUT2D eigenvalue weighted by Gasteiger charge is -2.25. The maximum absolute atomic E-state index is 13.8. The lowest BCUT2D eigenvalue weighted by Crippen LogP contribution is -2.34. The number of benzene rings is 3. The van der Waals surface area contributed by atoms with E-state index in [2.05, 4.69) is 27.6 Å². The van der Waals surface area contributed by atoms with Crippen molar-refractivity contribution >= 4 is 39.6 Å². The zero-order valence-corrected chi connectivity index (χ0v) is 23.5. The Bertz CT molecular complexity index is 1620. The summed E-state index contributed by atoms with van der Waals surface area (Å²) in [7, 11) is 3.12. The van der Waals surface area contributed by atoms with Crippen LogP contribution in [0, 0.1) is 0 Å². The van der Waals surface area contributed by atoms with Crippen LogP contribution >= 0.6 is 0 Å². The molecule has 3 aromatic carbocycles. The molecule has 1 aromatic heterocycles. The third-order valence-corrected chi connectivity index (χ3v) is 7.16. The number of nitrogens with zero attached hydrogens (tertiary/aromatic N) is 3. The van der Waals surface area contributed by atoms with Crippen molar-refractivity contribution in [2.24, 2.45) is 5.10 Å².